The number of ether oxygens (including phenoxy) is 1. The van der Waals surface area contributed by atoms with Crippen LogP contribution < -0.4 is 4.74 Å². The molecular formula is C16H25NO3. The molecule has 0 heterocycles. The summed E-state index contributed by atoms with van der Waals surface area (Å²) in [6, 6.07) is 6.02. The lowest BCUT2D eigenvalue weighted by Crippen LogP contribution is -2.30. The van der Waals surface area contributed by atoms with Crippen LogP contribution in [-0.2, 0) is 4.79 Å². The van der Waals surface area contributed by atoms with Crippen molar-refractivity contribution < 1.29 is 14.6 Å². The molecule has 0 aliphatic rings. The molecule has 4 nitrogen and oxygen atoms in total. The number of carbonyl (C=O) groups excluding carboxylic acids is 1. The number of benzene rings is 1. The van der Waals surface area contributed by atoms with E-state index in [1.165, 1.54) is 0 Å². The highest BCUT2D eigenvalue weighted by atomic mass is 16.5. The van der Waals surface area contributed by atoms with Crippen LogP contribution in [-0.4, -0.2) is 42.2 Å². The lowest BCUT2D eigenvalue weighted by atomic mass is 10.1. The third-order valence-electron chi connectivity index (χ3n) is 3.09. The van der Waals surface area contributed by atoms with E-state index >= 15 is 0 Å². The summed E-state index contributed by atoms with van der Waals surface area (Å²) in [6.07, 6.45) is 0.570. The van der Waals surface area contributed by atoms with E-state index in [-0.39, 0.29) is 12.0 Å². The van der Waals surface area contributed by atoms with Crippen molar-refractivity contribution in [3.63, 3.8) is 0 Å². The van der Waals surface area contributed by atoms with Gasteiger partial charge in [0.15, 0.2) is 0 Å². The zero-order valence-corrected chi connectivity index (χ0v) is 12.8. The fourth-order valence-electron chi connectivity index (χ4n) is 1.97. The Bertz CT molecular complexity index is 423. The molecule has 20 heavy (non-hydrogen) atoms. The monoisotopic (exact) mass is 279 g/mol. The number of carbonyl (C=O) groups is 1. The third kappa shape index (κ3) is 6.06. The molecule has 0 radical (unpaired) electrons. The lowest BCUT2D eigenvalue weighted by Gasteiger charge is -2.18. The molecule has 0 aliphatic carbocycles. The highest BCUT2D eigenvalue weighted by Gasteiger charge is 2.09. The predicted molar refractivity (Wildman–Crippen MR) is 80.0 cm³/mol. The van der Waals surface area contributed by atoms with Crippen LogP contribution in [0.3, 0.4) is 0 Å². The highest BCUT2D eigenvalue weighted by Crippen LogP contribution is 2.16. The normalized spacial score (nSPS) is 12.1. The Morgan fingerprint density at radius 2 is 1.90 bits per heavy atom. The van der Waals surface area contributed by atoms with Gasteiger partial charge >= 0.3 is 0 Å². The quantitative estimate of drug-likeness (QED) is 0.833. The molecule has 1 aromatic rings. The van der Waals surface area contributed by atoms with Crippen LogP contribution in [0.15, 0.2) is 18.2 Å². The van der Waals surface area contributed by atoms with Gasteiger partial charge in [-0.15, -0.1) is 0 Å². The van der Waals surface area contributed by atoms with E-state index in [9.17, 15) is 9.90 Å². The van der Waals surface area contributed by atoms with E-state index in [4.69, 9.17) is 4.74 Å². The third-order valence-corrected chi connectivity index (χ3v) is 3.09. The Labute approximate surface area is 121 Å². The standard InChI is InChI=1S/C16H25NO3/c1-12-9-13(2)11-15(10-12)20-8-6-16(19)17(4)7-5-14(3)18/h9-11,14,18H,5-8H2,1-4H3. The molecule has 1 atom stereocenters. The summed E-state index contributed by atoms with van der Waals surface area (Å²) in [5, 5.41) is 9.20. The van der Waals surface area contributed by atoms with Gasteiger partial charge in [-0.2, -0.15) is 0 Å². The fourth-order valence-corrected chi connectivity index (χ4v) is 1.97. The minimum atomic E-state index is -0.378. The Hall–Kier alpha value is -1.55. The van der Waals surface area contributed by atoms with Crippen molar-refractivity contribution in [1.82, 2.24) is 4.90 Å². The van der Waals surface area contributed by atoms with Gasteiger partial charge in [0.2, 0.25) is 5.91 Å². The van der Waals surface area contributed by atoms with Crippen LogP contribution >= 0.6 is 0 Å². The van der Waals surface area contributed by atoms with Gasteiger partial charge in [0, 0.05) is 13.6 Å². The number of hydrogen-bond acceptors (Lipinski definition) is 3. The van der Waals surface area contributed by atoms with Gasteiger partial charge in [0.05, 0.1) is 19.1 Å². The van der Waals surface area contributed by atoms with E-state index in [1.54, 1.807) is 18.9 Å². The second-order valence-electron chi connectivity index (χ2n) is 5.37. The second-order valence-corrected chi connectivity index (χ2v) is 5.37. The number of aliphatic hydroxyl groups is 1. The maximum absolute atomic E-state index is 11.8. The van der Waals surface area contributed by atoms with E-state index in [0.717, 1.165) is 16.9 Å². The second kappa shape index (κ2) is 7.90. The minimum absolute atomic E-state index is 0.0371. The van der Waals surface area contributed by atoms with Crippen molar-refractivity contribution in [3.05, 3.63) is 29.3 Å². The SMILES string of the molecule is Cc1cc(C)cc(OCCC(=O)N(C)CCC(C)O)c1. The largest absolute Gasteiger partial charge is 0.493 e. The zero-order chi connectivity index (χ0) is 15.1. The molecular weight excluding hydrogens is 254 g/mol. The number of aryl methyl sites for hydroxylation is 2. The van der Waals surface area contributed by atoms with Crippen LogP contribution in [0.25, 0.3) is 0 Å². The van der Waals surface area contributed by atoms with Crippen LogP contribution in [0.2, 0.25) is 0 Å². The molecule has 0 bridgehead atoms. The topological polar surface area (TPSA) is 49.8 Å². The average molecular weight is 279 g/mol. The summed E-state index contributed by atoms with van der Waals surface area (Å²) in [7, 11) is 1.75. The first-order chi connectivity index (χ1) is 9.38. The molecule has 4 heteroatoms. The summed E-state index contributed by atoms with van der Waals surface area (Å²) < 4.78 is 5.62. The molecule has 0 spiro atoms. The molecule has 0 saturated carbocycles. The number of hydrogen-bond donors (Lipinski definition) is 1. The lowest BCUT2D eigenvalue weighted by molar-refractivity contribution is -0.130. The molecule has 1 aromatic carbocycles. The van der Waals surface area contributed by atoms with E-state index < -0.39 is 0 Å². The van der Waals surface area contributed by atoms with Gasteiger partial charge in [-0.25, -0.2) is 0 Å². The van der Waals surface area contributed by atoms with Crippen LogP contribution in [0.1, 0.15) is 30.9 Å². The Morgan fingerprint density at radius 3 is 2.45 bits per heavy atom. The summed E-state index contributed by atoms with van der Waals surface area (Å²) in [4.78, 5) is 13.5. The molecule has 1 N–H and O–H groups in total. The Morgan fingerprint density at radius 1 is 1.30 bits per heavy atom. The summed E-state index contributed by atoms with van der Waals surface area (Å²) >= 11 is 0. The highest BCUT2D eigenvalue weighted by molar-refractivity contribution is 5.75. The average Bonchev–Trinajstić information content (AvgIpc) is 2.34. The smallest absolute Gasteiger partial charge is 0.225 e. The molecule has 1 unspecified atom stereocenters. The molecule has 0 fully saturated rings. The van der Waals surface area contributed by atoms with Crippen molar-refractivity contribution in [2.24, 2.45) is 0 Å². The molecule has 1 rings (SSSR count). The van der Waals surface area contributed by atoms with Crippen LogP contribution in [0, 0.1) is 13.8 Å². The number of rotatable bonds is 7. The maximum atomic E-state index is 11.8. The van der Waals surface area contributed by atoms with Gasteiger partial charge in [0.1, 0.15) is 5.75 Å². The molecule has 1 amide bonds. The predicted octanol–water partition coefficient (Wildman–Crippen LogP) is 2.30. The number of nitrogens with zero attached hydrogens (tertiary/aromatic N) is 1. The summed E-state index contributed by atoms with van der Waals surface area (Å²) in [6.45, 7) is 6.71. The van der Waals surface area contributed by atoms with Crippen LogP contribution in [0.4, 0.5) is 0 Å². The van der Waals surface area contributed by atoms with Gasteiger partial charge in [-0.1, -0.05) is 6.07 Å². The Kier molecular flexibility index (Phi) is 6.52. The van der Waals surface area contributed by atoms with Gasteiger partial charge in [0.25, 0.3) is 0 Å². The first-order valence-electron chi connectivity index (χ1n) is 7.01. The fraction of sp³-hybridized carbons (Fsp3) is 0.562. The van der Waals surface area contributed by atoms with Crippen LogP contribution in [0.5, 0.6) is 5.75 Å². The van der Waals surface area contributed by atoms with E-state index in [1.807, 2.05) is 26.0 Å². The van der Waals surface area contributed by atoms with Gasteiger partial charge < -0.3 is 14.7 Å². The minimum Gasteiger partial charge on any atom is -0.493 e. The first kappa shape index (κ1) is 16.5. The van der Waals surface area contributed by atoms with Crippen molar-refractivity contribution in [2.75, 3.05) is 20.2 Å². The molecule has 0 saturated heterocycles. The first-order valence-corrected chi connectivity index (χ1v) is 7.01. The van der Waals surface area contributed by atoms with Gasteiger partial charge in [-0.3, -0.25) is 4.79 Å². The number of amides is 1. The summed E-state index contributed by atoms with van der Waals surface area (Å²) in [5.41, 5.74) is 2.31. The van der Waals surface area contributed by atoms with E-state index in [2.05, 4.69) is 6.07 Å². The molecule has 112 valence electrons. The summed E-state index contributed by atoms with van der Waals surface area (Å²) in [5.74, 6) is 0.844. The van der Waals surface area contributed by atoms with Crippen molar-refractivity contribution in [3.8, 4) is 5.75 Å². The van der Waals surface area contributed by atoms with Crippen molar-refractivity contribution >= 4 is 5.91 Å². The van der Waals surface area contributed by atoms with Crippen molar-refractivity contribution in [2.45, 2.75) is 39.7 Å². The van der Waals surface area contributed by atoms with E-state index in [0.29, 0.717) is 26.0 Å². The Balaban J connectivity index is 2.34. The maximum Gasteiger partial charge on any atom is 0.225 e. The number of aliphatic hydroxyl groups excluding tert-OH is 1. The van der Waals surface area contributed by atoms with Crippen molar-refractivity contribution in [1.29, 1.82) is 0 Å². The molecule has 0 aliphatic heterocycles. The van der Waals surface area contributed by atoms with Gasteiger partial charge in [-0.05, 0) is 50.5 Å². The zero-order valence-electron chi connectivity index (χ0n) is 12.8. The molecule has 0 aromatic heterocycles.